The van der Waals surface area contributed by atoms with Crippen LogP contribution < -0.4 is 0 Å². The third kappa shape index (κ3) is 5.10. The molecule has 2 N–H and O–H groups in total. The lowest BCUT2D eigenvalue weighted by atomic mass is 10.1. The molecule has 0 radical (unpaired) electrons. The summed E-state index contributed by atoms with van der Waals surface area (Å²) in [5.41, 5.74) is 4.20. The van der Waals surface area contributed by atoms with Gasteiger partial charge in [-0.25, -0.2) is 14.2 Å². The first-order valence-electron chi connectivity index (χ1n) is 9.58. The van der Waals surface area contributed by atoms with Crippen LogP contribution in [0.2, 0.25) is 0 Å². The number of phosphoric acid groups is 1. The van der Waals surface area contributed by atoms with Crippen LogP contribution in [0.15, 0.2) is 42.6 Å². The molecule has 0 fully saturated rings. The number of pyridine rings is 1. The van der Waals surface area contributed by atoms with Crippen molar-refractivity contribution in [1.82, 2.24) is 24.5 Å². The van der Waals surface area contributed by atoms with Crippen LogP contribution in [-0.4, -0.2) is 34.3 Å². The van der Waals surface area contributed by atoms with Crippen LogP contribution in [0.25, 0.3) is 23.2 Å². The Morgan fingerprint density at radius 3 is 2.72 bits per heavy atom. The van der Waals surface area contributed by atoms with Gasteiger partial charge in [0.15, 0.2) is 11.5 Å². The van der Waals surface area contributed by atoms with E-state index < -0.39 is 13.9 Å². The van der Waals surface area contributed by atoms with Crippen LogP contribution in [-0.2, 0) is 16.1 Å². The van der Waals surface area contributed by atoms with Gasteiger partial charge in [0.25, 0.3) is 0 Å². The molecule has 0 aromatic carbocycles. The largest absolute Gasteiger partial charge is 0.470 e. The topological polar surface area (TPSA) is 139 Å². The number of hydrogen-bond donors (Lipinski definition) is 2. The molecule has 3 aromatic rings. The minimum atomic E-state index is -4.74. The van der Waals surface area contributed by atoms with Crippen molar-refractivity contribution in [2.75, 3.05) is 0 Å². The first-order valence-corrected chi connectivity index (χ1v) is 11.1. The molecule has 0 aliphatic rings. The van der Waals surface area contributed by atoms with E-state index in [4.69, 9.17) is 9.51 Å². The minimum absolute atomic E-state index is 0.190. The highest BCUT2D eigenvalue weighted by atomic mass is 31.2. The quantitative estimate of drug-likeness (QED) is 0.408. The van der Waals surface area contributed by atoms with Crippen LogP contribution in [0.3, 0.4) is 0 Å². The summed E-state index contributed by atoms with van der Waals surface area (Å²) in [7, 11) is -2.94. The number of allylic oxidation sites excluding steroid dienone is 2. The molecule has 0 saturated carbocycles. The van der Waals surface area contributed by atoms with Crippen LogP contribution in [0.4, 0.5) is 0 Å². The second kappa shape index (κ2) is 9.02. The molecule has 32 heavy (non-hydrogen) atoms. The fourth-order valence-corrected chi connectivity index (χ4v) is 3.69. The van der Waals surface area contributed by atoms with E-state index in [1.165, 1.54) is 11.6 Å². The molecular formula is C21H23N6O4P. The van der Waals surface area contributed by atoms with Gasteiger partial charge in [-0.2, -0.15) is 15.5 Å². The highest BCUT2D eigenvalue weighted by Gasteiger charge is 2.25. The summed E-state index contributed by atoms with van der Waals surface area (Å²) in [6.07, 6.45) is 4.43. The fourth-order valence-electron chi connectivity index (χ4n) is 3.17. The van der Waals surface area contributed by atoms with Crippen molar-refractivity contribution in [3.05, 3.63) is 65.3 Å². The van der Waals surface area contributed by atoms with Gasteiger partial charge in [0.05, 0.1) is 23.7 Å². The molecule has 3 heterocycles. The summed E-state index contributed by atoms with van der Waals surface area (Å²) < 4.78 is 19.4. The van der Waals surface area contributed by atoms with Gasteiger partial charge in [0, 0.05) is 23.9 Å². The van der Waals surface area contributed by atoms with Gasteiger partial charge in [0.2, 0.25) is 0 Å². The molecule has 166 valence electrons. The van der Waals surface area contributed by atoms with Gasteiger partial charge in [-0.1, -0.05) is 24.3 Å². The maximum absolute atomic E-state index is 11.4. The average molecular weight is 454 g/mol. The van der Waals surface area contributed by atoms with Gasteiger partial charge in [-0.15, -0.1) is 0 Å². The molecule has 1 unspecified atom stereocenters. The average Bonchev–Trinajstić information content (AvgIpc) is 3.26. The minimum Gasteiger partial charge on any atom is -0.303 e. The third-order valence-electron chi connectivity index (χ3n) is 4.63. The van der Waals surface area contributed by atoms with E-state index in [9.17, 15) is 19.6 Å². The van der Waals surface area contributed by atoms with Crippen molar-refractivity contribution in [3.8, 4) is 23.1 Å². The van der Waals surface area contributed by atoms with Crippen LogP contribution in [0, 0.1) is 18.3 Å². The fraction of sp³-hybridized carbons (Fsp3) is 0.238. The van der Waals surface area contributed by atoms with Crippen molar-refractivity contribution in [3.63, 3.8) is 0 Å². The van der Waals surface area contributed by atoms with Crippen LogP contribution >= 0.6 is 7.82 Å². The summed E-state index contributed by atoms with van der Waals surface area (Å²) in [5, 5.41) is 17.8. The van der Waals surface area contributed by atoms with Crippen LogP contribution in [0.1, 0.15) is 42.6 Å². The molecule has 10 nitrogen and oxygen atoms in total. The van der Waals surface area contributed by atoms with Gasteiger partial charge < -0.3 is 9.79 Å². The number of nitriles is 1. The second-order valence-electron chi connectivity index (χ2n) is 7.29. The van der Waals surface area contributed by atoms with Gasteiger partial charge in [0.1, 0.15) is 6.07 Å². The van der Waals surface area contributed by atoms with Crippen LogP contribution in [0.5, 0.6) is 0 Å². The zero-order chi connectivity index (χ0) is 23.6. The highest BCUT2D eigenvalue weighted by molar-refractivity contribution is 7.46. The molecule has 0 spiro atoms. The van der Waals surface area contributed by atoms with E-state index in [1.54, 1.807) is 36.0 Å². The smallest absolute Gasteiger partial charge is 0.303 e. The standard InChI is InChI=1S/C21H23N6O4P/c1-13(2)6-9-20-18(12-23-26(20)5)19-8-7-17(15(4)31-32(28,29)30)21(24-19)27-14(3)10-16(11-22)25-27/h6-10,12,15H,1H2,2-5H3,(H2,28,29,30)/b9-6-. The first-order chi connectivity index (χ1) is 15.0. The van der Waals surface area contributed by atoms with Crippen molar-refractivity contribution >= 4 is 13.9 Å². The molecule has 3 aromatic heterocycles. The Labute approximate surface area is 185 Å². The lowest BCUT2D eigenvalue weighted by molar-refractivity contribution is 0.145. The lowest BCUT2D eigenvalue weighted by Gasteiger charge is -2.18. The van der Waals surface area contributed by atoms with Gasteiger partial charge in [-0.05, 0) is 39.0 Å². The highest BCUT2D eigenvalue weighted by Crippen LogP contribution is 2.43. The van der Waals surface area contributed by atoms with E-state index in [-0.39, 0.29) is 5.69 Å². The summed E-state index contributed by atoms with van der Waals surface area (Å²) >= 11 is 0. The Morgan fingerprint density at radius 2 is 2.12 bits per heavy atom. The van der Waals surface area contributed by atoms with Gasteiger partial charge >= 0.3 is 7.82 Å². The predicted molar refractivity (Wildman–Crippen MR) is 118 cm³/mol. The van der Waals surface area contributed by atoms with E-state index >= 15 is 0 Å². The second-order valence-corrected chi connectivity index (χ2v) is 8.48. The Balaban J connectivity index is 2.21. The first kappa shape index (κ1) is 23.3. The Hall–Kier alpha value is -3.35. The molecule has 1 atom stereocenters. The molecular weight excluding hydrogens is 431 g/mol. The normalized spacial score (nSPS) is 12.8. The van der Waals surface area contributed by atoms with Crippen molar-refractivity contribution < 1.29 is 18.9 Å². The van der Waals surface area contributed by atoms with Crippen molar-refractivity contribution in [2.45, 2.75) is 26.9 Å². The van der Waals surface area contributed by atoms with Gasteiger partial charge in [-0.3, -0.25) is 9.21 Å². The monoisotopic (exact) mass is 454 g/mol. The Bertz CT molecular complexity index is 1290. The molecule has 0 bridgehead atoms. The molecule has 11 heteroatoms. The third-order valence-corrected chi connectivity index (χ3v) is 5.22. The zero-order valence-corrected chi connectivity index (χ0v) is 19.0. The lowest BCUT2D eigenvalue weighted by Crippen LogP contribution is -2.10. The number of nitrogens with zero attached hydrogens (tertiary/aromatic N) is 6. The molecule has 0 saturated heterocycles. The summed E-state index contributed by atoms with van der Waals surface area (Å²) in [6.45, 7) is 9.02. The molecule has 0 amide bonds. The maximum atomic E-state index is 11.4. The summed E-state index contributed by atoms with van der Waals surface area (Å²) in [4.78, 5) is 23.2. The van der Waals surface area contributed by atoms with Crippen molar-refractivity contribution in [2.24, 2.45) is 7.05 Å². The summed E-state index contributed by atoms with van der Waals surface area (Å²) in [5.74, 6) is 0.293. The molecule has 3 rings (SSSR count). The molecule has 0 aliphatic heterocycles. The SMILES string of the molecule is C=C(C)/C=C\c1c(-c2ccc(C(C)OP(=O)(O)O)c(-n3nc(C#N)cc3C)n2)cnn1C. The maximum Gasteiger partial charge on any atom is 0.470 e. The van der Waals surface area contributed by atoms with E-state index in [0.29, 0.717) is 22.8 Å². The number of aryl methyl sites for hydroxylation is 2. The Kier molecular flexibility index (Phi) is 6.57. The van der Waals surface area contributed by atoms with E-state index in [2.05, 4.69) is 16.8 Å². The predicted octanol–water partition coefficient (Wildman–Crippen LogP) is 3.61. The number of hydrogen-bond acceptors (Lipinski definition) is 6. The Morgan fingerprint density at radius 1 is 1.41 bits per heavy atom. The zero-order valence-electron chi connectivity index (χ0n) is 18.1. The number of aromatic nitrogens is 5. The van der Waals surface area contributed by atoms with Crippen molar-refractivity contribution in [1.29, 1.82) is 5.26 Å². The number of rotatable bonds is 7. The van der Waals surface area contributed by atoms with E-state index in [1.807, 2.05) is 32.2 Å². The molecule has 0 aliphatic carbocycles. The summed E-state index contributed by atoms with van der Waals surface area (Å²) in [6, 6.07) is 6.97. The number of phosphoric ester groups is 1. The van der Waals surface area contributed by atoms with E-state index in [0.717, 1.165) is 16.8 Å².